The number of esters is 1. The quantitative estimate of drug-likeness (QED) is 0.200. The van der Waals surface area contributed by atoms with Crippen molar-refractivity contribution in [1.82, 2.24) is 9.97 Å². The van der Waals surface area contributed by atoms with Crippen LogP contribution in [0.4, 0.5) is 17.6 Å². The molecular weight excluding hydrogens is 452 g/mol. The number of aromatic nitrogens is 2. The molecule has 180 valence electrons. The first-order valence-electron chi connectivity index (χ1n) is 10.8. The minimum Gasteiger partial charge on any atom is -0.423 e. The third kappa shape index (κ3) is 7.91. The summed E-state index contributed by atoms with van der Waals surface area (Å²) < 4.78 is 58.2. The molecule has 1 aromatic heterocycles. The monoisotopic (exact) mass is 476 g/mol. The number of aryl methyl sites for hydroxylation is 2. The smallest absolute Gasteiger partial charge is 0.423 e. The van der Waals surface area contributed by atoms with Crippen molar-refractivity contribution in [3.8, 4) is 17.1 Å². The second-order valence-electron chi connectivity index (χ2n) is 7.67. The maximum atomic E-state index is 13.5. The molecule has 1 heterocycles. The molecule has 0 aliphatic heterocycles. The first-order valence-corrected chi connectivity index (χ1v) is 10.8. The van der Waals surface area contributed by atoms with Crippen LogP contribution in [0.15, 0.2) is 60.9 Å². The Morgan fingerprint density at radius 2 is 1.59 bits per heavy atom. The van der Waals surface area contributed by atoms with E-state index >= 15 is 0 Å². The van der Waals surface area contributed by atoms with Crippen LogP contribution in [0, 0.1) is 0 Å². The summed E-state index contributed by atoms with van der Waals surface area (Å²) >= 11 is 0. The predicted molar refractivity (Wildman–Crippen MR) is 118 cm³/mol. The second kappa shape index (κ2) is 11.7. The highest BCUT2D eigenvalue weighted by Crippen LogP contribution is 2.20. The molecule has 3 rings (SSSR count). The first-order chi connectivity index (χ1) is 16.2. The molecule has 0 amide bonds. The van der Waals surface area contributed by atoms with Crippen LogP contribution in [0.2, 0.25) is 0 Å². The number of halogens is 4. The number of hydrogen-bond donors (Lipinski definition) is 0. The minimum atomic E-state index is -4.84. The van der Waals surface area contributed by atoms with Crippen LogP contribution in [-0.4, -0.2) is 35.1 Å². The number of hydrogen-bond acceptors (Lipinski definition) is 5. The van der Waals surface area contributed by atoms with Gasteiger partial charge in [-0.05, 0) is 54.7 Å². The van der Waals surface area contributed by atoms with Crippen molar-refractivity contribution in [2.75, 3.05) is 6.61 Å². The van der Waals surface area contributed by atoms with Crippen LogP contribution in [0.5, 0.6) is 5.75 Å². The summed E-state index contributed by atoms with van der Waals surface area (Å²) in [5, 5.41) is 0. The summed E-state index contributed by atoms with van der Waals surface area (Å²) in [6, 6.07) is 13.1. The van der Waals surface area contributed by atoms with Crippen molar-refractivity contribution in [1.29, 1.82) is 0 Å². The maximum Gasteiger partial charge on any atom is 0.522 e. The Hall–Kier alpha value is -3.33. The highest BCUT2D eigenvalue weighted by atomic mass is 19.4. The summed E-state index contributed by atoms with van der Waals surface area (Å²) in [4.78, 5) is 21.1. The minimum absolute atomic E-state index is 0.118. The lowest BCUT2D eigenvalue weighted by Crippen LogP contribution is -2.20. The third-order valence-corrected chi connectivity index (χ3v) is 4.93. The summed E-state index contributed by atoms with van der Waals surface area (Å²) in [6.45, 7) is 1.05. The van der Waals surface area contributed by atoms with Crippen molar-refractivity contribution >= 4 is 5.97 Å². The van der Waals surface area contributed by atoms with E-state index in [1.165, 1.54) is 0 Å². The molecule has 0 radical (unpaired) electrons. The van der Waals surface area contributed by atoms with Gasteiger partial charge in [0.1, 0.15) is 11.9 Å². The van der Waals surface area contributed by atoms with Gasteiger partial charge in [0.15, 0.2) is 5.82 Å². The van der Waals surface area contributed by atoms with Crippen molar-refractivity contribution in [2.24, 2.45) is 0 Å². The van der Waals surface area contributed by atoms with Gasteiger partial charge in [-0.15, -0.1) is 13.2 Å². The van der Waals surface area contributed by atoms with E-state index in [0.717, 1.165) is 24.0 Å². The standard InChI is InChI=1S/C25H24F4N2O3/c1-2-3-18-14-30-23(31-15-18)19-7-9-20(10-8-19)24(32)34-22-12-5-17(6-13-22)4-11-21(26)16-33-25(27,28)29/h5-10,12-15,21H,2-4,11,16H2,1H3. The summed E-state index contributed by atoms with van der Waals surface area (Å²) in [5.41, 5.74) is 2.89. The molecule has 0 aliphatic rings. The molecule has 0 saturated heterocycles. The summed E-state index contributed by atoms with van der Waals surface area (Å²) in [5.74, 6) is 0.312. The zero-order chi connectivity index (χ0) is 24.6. The van der Waals surface area contributed by atoms with Crippen LogP contribution < -0.4 is 4.74 Å². The Kier molecular flexibility index (Phi) is 8.70. The van der Waals surface area contributed by atoms with Gasteiger partial charge in [0, 0.05) is 18.0 Å². The van der Waals surface area contributed by atoms with Gasteiger partial charge in [-0.3, -0.25) is 4.74 Å². The SMILES string of the molecule is CCCc1cnc(-c2ccc(C(=O)Oc3ccc(CCC(F)COC(F)(F)F)cc3)cc2)nc1. The van der Waals surface area contributed by atoms with Crippen LogP contribution in [0.3, 0.4) is 0 Å². The van der Waals surface area contributed by atoms with Gasteiger partial charge < -0.3 is 4.74 Å². The molecule has 2 aromatic carbocycles. The Labute approximate surface area is 194 Å². The number of rotatable bonds is 10. The van der Waals surface area contributed by atoms with Gasteiger partial charge in [0.25, 0.3) is 0 Å². The van der Waals surface area contributed by atoms with Crippen LogP contribution in [-0.2, 0) is 17.6 Å². The van der Waals surface area contributed by atoms with Gasteiger partial charge in [-0.1, -0.05) is 37.6 Å². The highest BCUT2D eigenvalue weighted by molar-refractivity contribution is 5.91. The van der Waals surface area contributed by atoms with Gasteiger partial charge >= 0.3 is 12.3 Å². The van der Waals surface area contributed by atoms with Crippen LogP contribution in [0.1, 0.15) is 41.3 Å². The van der Waals surface area contributed by atoms with Gasteiger partial charge in [0.2, 0.25) is 0 Å². The molecule has 5 nitrogen and oxygen atoms in total. The van der Waals surface area contributed by atoms with E-state index in [1.54, 1.807) is 60.9 Å². The molecule has 1 unspecified atom stereocenters. The van der Waals surface area contributed by atoms with E-state index in [0.29, 0.717) is 22.7 Å². The lowest BCUT2D eigenvalue weighted by molar-refractivity contribution is -0.328. The number of benzene rings is 2. The normalized spacial score (nSPS) is 12.4. The van der Waals surface area contributed by atoms with Crippen molar-refractivity contribution in [3.63, 3.8) is 0 Å². The lowest BCUT2D eigenvalue weighted by atomic mass is 10.1. The molecule has 0 saturated carbocycles. The van der Waals surface area contributed by atoms with Gasteiger partial charge in [-0.25, -0.2) is 19.2 Å². The Bertz CT molecular complexity index is 1050. The number of carbonyl (C=O) groups is 1. The Morgan fingerprint density at radius 1 is 0.941 bits per heavy atom. The largest absolute Gasteiger partial charge is 0.522 e. The second-order valence-corrected chi connectivity index (χ2v) is 7.67. The molecule has 0 spiro atoms. The Morgan fingerprint density at radius 3 is 2.18 bits per heavy atom. The summed E-state index contributed by atoms with van der Waals surface area (Å²) in [7, 11) is 0. The van der Waals surface area contributed by atoms with E-state index < -0.39 is 25.1 Å². The fourth-order valence-corrected chi connectivity index (χ4v) is 3.16. The van der Waals surface area contributed by atoms with E-state index in [-0.39, 0.29) is 12.8 Å². The lowest BCUT2D eigenvalue weighted by Gasteiger charge is -2.11. The molecule has 1 atom stereocenters. The van der Waals surface area contributed by atoms with Gasteiger partial charge in [-0.2, -0.15) is 0 Å². The van der Waals surface area contributed by atoms with E-state index in [1.807, 2.05) is 0 Å². The van der Waals surface area contributed by atoms with Crippen molar-refractivity contribution in [3.05, 3.63) is 77.6 Å². The average Bonchev–Trinajstić information content (AvgIpc) is 2.83. The number of nitrogens with zero attached hydrogens (tertiary/aromatic N) is 2. The topological polar surface area (TPSA) is 61.3 Å². The molecular formula is C25H24F4N2O3. The molecule has 0 fully saturated rings. The van der Waals surface area contributed by atoms with Gasteiger partial charge in [0.05, 0.1) is 12.2 Å². The Balaban J connectivity index is 1.51. The number of ether oxygens (including phenoxy) is 2. The molecule has 0 N–H and O–H groups in total. The highest BCUT2D eigenvalue weighted by Gasteiger charge is 2.30. The fraction of sp³-hybridized carbons (Fsp3) is 0.320. The van der Waals surface area contributed by atoms with Crippen LogP contribution in [0.25, 0.3) is 11.4 Å². The molecule has 0 bridgehead atoms. The number of alkyl halides is 4. The molecule has 3 aromatic rings. The van der Waals surface area contributed by atoms with E-state index in [2.05, 4.69) is 21.6 Å². The maximum absolute atomic E-state index is 13.5. The molecule has 34 heavy (non-hydrogen) atoms. The zero-order valence-corrected chi connectivity index (χ0v) is 18.5. The van der Waals surface area contributed by atoms with Crippen molar-refractivity contribution in [2.45, 2.75) is 45.1 Å². The molecule has 9 heteroatoms. The third-order valence-electron chi connectivity index (χ3n) is 4.93. The molecule has 0 aliphatic carbocycles. The predicted octanol–water partition coefficient (Wildman–Crippen LogP) is 6.12. The zero-order valence-electron chi connectivity index (χ0n) is 18.5. The average molecular weight is 476 g/mol. The fourth-order valence-electron chi connectivity index (χ4n) is 3.16. The summed E-state index contributed by atoms with van der Waals surface area (Å²) in [6.07, 6.45) is -0.957. The number of carbonyl (C=O) groups excluding carboxylic acids is 1. The van der Waals surface area contributed by atoms with Crippen molar-refractivity contribution < 1.29 is 31.8 Å². The van der Waals surface area contributed by atoms with E-state index in [9.17, 15) is 22.4 Å². The van der Waals surface area contributed by atoms with Crippen LogP contribution >= 0.6 is 0 Å². The first kappa shape index (κ1) is 25.3. The van der Waals surface area contributed by atoms with E-state index in [4.69, 9.17) is 4.74 Å².